The molecule has 4 aliphatic carbocycles. The molecule has 4 rings (SSSR count). The molecule has 8 unspecified atom stereocenters. The number of ketones is 1. The first kappa shape index (κ1) is 21.1. The van der Waals surface area contributed by atoms with Crippen LogP contribution >= 0.6 is 0 Å². The Morgan fingerprint density at radius 1 is 1.03 bits per heavy atom. The first-order valence-electron chi connectivity index (χ1n) is 12.0. The van der Waals surface area contributed by atoms with Crippen molar-refractivity contribution in [1.82, 2.24) is 5.12 Å². The van der Waals surface area contributed by atoms with Crippen molar-refractivity contribution in [2.24, 2.45) is 63.0 Å². The standard InChI is InChI=1S/C24H42N4O/c1-15-9-11-23(3)17(13-15)5-6-18-19-7-8-21(24(19,4)12-10-20(18)23)22(29)14-28(26)27-16(2)25/h15,17-21H,5-14,26H2,1-4H3,(H2,25,27). The van der Waals surface area contributed by atoms with Crippen LogP contribution in [-0.4, -0.2) is 23.3 Å². The fraction of sp³-hybridized carbons (Fsp3) is 0.917. The van der Waals surface area contributed by atoms with Gasteiger partial charge in [0.25, 0.3) is 0 Å². The van der Waals surface area contributed by atoms with Gasteiger partial charge >= 0.3 is 0 Å². The van der Waals surface area contributed by atoms with Crippen molar-refractivity contribution in [1.29, 1.82) is 0 Å². The highest BCUT2D eigenvalue weighted by molar-refractivity contribution is 5.84. The molecule has 0 amide bonds. The van der Waals surface area contributed by atoms with E-state index in [-0.39, 0.29) is 23.7 Å². The maximum absolute atomic E-state index is 13.2. The third-order valence-corrected chi connectivity index (χ3v) is 9.92. The average molecular weight is 403 g/mol. The van der Waals surface area contributed by atoms with E-state index < -0.39 is 0 Å². The van der Waals surface area contributed by atoms with Gasteiger partial charge in [0.2, 0.25) is 0 Å². The molecule has 0 aromatic heterocycles. The van der Waals surface area contributed by atoms with Crippen molar-refractivity contribution >= 4 is 11.6 Å². The van der Waals surface area contributed by atoms with Crippen molar-refractivity contribution in [2.45, 2.75) is 85.5 Å². The number of carbonyl (C=O) groups excluding carboxylic acids is 1. The van der Waals surface area contributed by atoms with E-state index in [1.54, 1.807) is 6.92 Å². The molecule has 0 heterocycles. The van der Waals surface area contributed by atoms with Gasteiger partial charge in [0.05, 0.1) is 0 Å². The molecule has 164 valence electrons. The number of amidine groups is 1. The van der Waals surface area contributed by atoms with Gasteiger partial charge in [0, 0.05) is 5.92 Å². The molecule has 0 radical (unpaired) electrons. The first-order valence-corrected chi connectivity index (χ1v) is 12.0. The van der Waals surface area contributed by atoms with E-state index in [1.165, 1.54) is 56.5 Å². The van der Waals surface area contributed by atoms with Crippen LogP contribution in [0.2, 0.25) is 0 Å². The lowest BCUT2D eigenvalue weighted by atomic mass is 9.44. The van der Waals surface area contributed by atoms with Gasteiger partial charge in [-0.2, -0.15) is 0 Å². The summed E-state index contributed by atoms with van der Waals surface area (Å²) in [6.45, 7) is 9.36. The van der Waals surface area contributed by atoms with Gasteiger partial charge in [-0.3, -0.25) is 4.79 Å². The molecule has 0 aromatic carbocycles. The maximum Gasteiger partial charge on any atom is 0.159 e. The number of fused-ring (bicyclic) bond motifs is 5. The number of hydrazone groups is 1. The normalized spacial score (nSPS) is 47.1. The molecule has 4 fully saturated rings. The predicted molar refractivity (Wildman–Crippen MR) is 118 cm³/mol. The highest BCUT2D eigenvalue weighted by Gasteiger charge is 2.60. The largest absolute Gasteiger partial charge is 0.386 e. The zero-order valence-corrected chi connectivity index (χ0v) is 19.0. The first-order chi connectivity index (χ1) is 13.6. The second kappa shape index (κ2) is 7.55. The number of hydrazine groups is 1. The van der Waals surface area contributed by atoms with Crippen molar-refractivity contribution in [3.8, 4) is 0 Å². The summed E-state index contributed by atoms with van der Waals surface area (Å²) in [5, 5.41) is 5.26. The van der Waals surface area contributed by atoms with E-state index in [2.05, 4.69) is 25.9 Å². The number of hydrogen-bond donors (Lipinski definition) is 2. The Kier molecular flexibility index (Phi) is 5.50. The van der Waals surface area contributed by atoms with Crippen LogP contribution in [0.5, 0.6) is 0 Å². The van der Waals surface area contributed by atoms with Crippen LogP contribution in [0.3, 0.4) is 0 Å². The van der Waals surface area contributed by atoms with E-state index in [9.17, 15) is 4.79 Å². The summed E-state index contributed by atoms with van der Waals surface area (Å²) in [6, 6.07) is 0. The molecule has 8 atom stereocenters. The lowest BCUT2D eigenvalue weighted by molar-refractivity contribution is -0.137. The summed E-state index contributed by atoms with van der Waals surface area (Å²) in [5.74, 6) is 10.9. The Hall–Kier alpha value is -1.10. The molecule has 4 saturated carbocycles. The molecule has 0 spiro atoms. The molecule has 0 bridgehead atoms. The van der Waals surface area contributed by atoms with Crippen LogP contribution in [0.1, 0.15) is 85.5 Å². The van der Waals surface area contributed by atoms with E-state index >= 15 is 0 Å². The van der Waals surface area contributed by atoms with Crippen molar-refractivity contribution in [3.05, 3.63) is 0 Å². The van der Waals surface area contributed by atoms with Crippen LogP contribution in [0.4, 0.5) is 0 Å². The summed E-state index contributed by atoms with van der Waals surface area (Å²) >= 11 is 0. The second-order valence-electron chi connectivity index (χ2n) is 11.5. The van der Waals surface area contributed by atoms with E-state index in [1.807, 2.05) is 0 Å². The van der Waals surface area contributed by atoms with Crippen LogP contribution in [0, 0.1) is 46.3 Å². The smallest absolute Gasteiger partial charge is 0.159 e. The number of nitrogens with two attached hydrogens (primary N) is 2. The number of Topliss-reactive ketones (excluding diaryl/α,β-unsaturated/α-hetero) is 1. The second-order valence-corrected chi connectivity index (χ2v) is 11.5. The predicted octanol–water partition coefficient (Wildman–Crippen LogP) is 4.32. The molecule has 5 nitrogen and oxygen atoms in total. The lowest BCUT2D eigenvalue weighted by Crippen LogP contribution is -2.54. The van der Waals surface area contributed by atoms with E-state index in [0.29, 0.717) is 17.2 Å². The molecular formula is C24H42N4O. The van der Waals surface area contributed by atoms with Crippen molar-refractivity contribution in [2.75, 3.05) is 6.54 Å². The van der Waals surface area contributed by atoms with Gasteiger partial charge in [0.1, 0.15) is 12.4 Å². The molecular weight excluding hydrogens is 360 g/mol. The minimum atomic E-state index is 0.129. The molecule has 0 saturated heterocycles. The molecule has 4 aliphatic rings. The Bertz CT molecular complexity index is 674. The third-order valence-electron chi connectivity index (χ3n) is 9.92. The molecule has 0 aromatic rings. The quantitative estimate of drug-likeness (QED) is 0.317. The van der Waals surface area contributed by atoms with Gasteiger partial charge in [-0.15, -0.1) is 5.10 Å². The van der Waals surface area contributed by atoms with Gasteiger partial charge < -0.3 is 5.73 Å². The van der Waals surface area contributed by atoms with Crippen molar-refractivity contribution < 1.29 is 4.79 Å². The Morgan fingerprint density at radius 3 is 2.45 bits per heavy atom. The van der Waals surface area contributed by atoms with Gasteiger partial charge in [-0.05, 0) is 98.7 Å². The fourth-order valence-electron chi connectivity index (χ4n) is 8.51. The minimum absolute atomic E-state index is 0.129. The molecule has 29 heavy (non-hydrogen) atoms. The molecule has 5 heteroatoms. The zero-order valence-electron chi connectivity index (χ0n) is 19.0. The summed E-state index contributed by atoms with van der Waals surface area (Å²) in [7, 11) is 0. The summed E-state index contributed by atoms with van der Waals surface area (Å²) in [4.78, 5) is 13.2. The number of rotatable bonds is 4. The van der Waals surface area contributed by atoms with Gasteiger partial charge in [-0.1, -0.05) is 27.2 Å². The van der Waals surface area contributed by atoms with Crippen LogP contribution < -0.4 is 11.6 Å². The molecule has 0 aliphatic heterocycles. The van der Waals surface area contributed by atoms with Gasteiger partial charge in [0.15, 0.2) is 5.78 Å². The Morgan fingerprint density at radius 2 is 1.72 bits per heavy atom. The maximum atomic E-state index is 13.2. The SMILES string of the molecule is C/C(N)=N/N(N)CC(=O)C1CCC2C3CCC4CC(C)CCC4(C)C3CCC12C. The minimum Gasteiger partial charge on any atom is -0.386 e. The Labute approximate surface area is 177 Å². The summed E-state index contributed by atoms with van der Waals surface area (Å²) in [5.41, 5.74) is 6.31. The monoisotopic (exact) mass is 402 g/mol. The van der Waals surface area contributed by atoms with E-state index in [0.717, 1.165) is 30.1 Å². The highest BCUT2D eigenvalue weighted by atomic mass is 16.1. The van der Waals surface area contributed by atoms with Crippen LogP contribution in [0.15, 0.2) is 5.10 Å². The molecule has 4 N–H and O–H groups in total. The number of nitrogens with zero attached hydrogens (tertiary/aromatic N) is 2. The Balaban J connectivity index is 1.50. The van der Waals surface area contributed by atoms with E-state index in [4.69, 9.17) is 11.6 Å². The summed E-state index contributed by atoms with van der Waals surface area (Å²) in [6.07, 6.45) is 11.8. The van der Waals surface area contributed by atoms with Crippen LogP contribution in [-0.2, 0) is 4.79 Å². The highest BCUT2D eigenvalue weighted by Crippen LogP contribution is 2.67. The van der Waals surface area contributed by atoms with Crippen LogP contribution in [0.25, 0.3) is 0 Å². The van der Waals surface area contributed by atoms with Crippen molar-refractivity contribution in [3.63, 3.8) is 0 Å². The number of hydrogen-bond acceptors (Lipinski definition) is 4. The lowest BCUT2D eigenvalue weighted by Gasteiger charge is -2.61. The summed E-state index contributed by atoms with van der Waals surface area (Å²) < 4.78 is 0. The van der Waals surface area contributed by atoms with Gasteiger partial charge in [-0.25, -0.2) is 11.0 Å². The zero-order chi connectivity index (χ0) is 21.0. The fourth-order valence-corrected chi connectivity index (χ4v) is 8.51. The topological polar surface area (TPSA) is 84.7 Å². The average Bonchev–Trinajstić information content (AvgIpc) is 2.99. The number of carbonyl (C=O) groups is 1. The third kappa shape index (κ3) is 3.51.